The summed E-state index contributed by atoms with van der Waals surface area (Å²) in [4.78, 5) is 18.1. The maximum atomic E-state index is 12.4. The summed E-state index contributed by atoms with van der Waals surface area (Å²) in [7, 11) is 1.73. The van der Waals surface area contributed by atoms with E-state index in [1.807, 2.05) is 36.4 Å². The van der Waals surface area contributed by atoms with Crippen molar-refractivity contribution in [2.45, 2.75) is 33.5 Å². The van der Waals surface area contributed by atoms with Gasteiger partial charge in [-0.15, -0.1) is 0 Å². The second-order valence-corrected chi connectivity index (χ2v) is 6.99. The molecule has 1 aromatic carbocycles. The van der Waals surface area contributed by atoms with Crippen LogP contribution in [0.5, 0.6) is 0 Å². The van der Waals surface area contributed by atoms with E-state index in [1.54, 1.807) is 24.5 Å². The summed E-state index contributed by atoms with van der Waals surface area (Å²) in [6.07, 6.45) is 3.58. The average Bonchev–Trinajstić information content (AvgIpc) is 3.29. The average molecular weight is 367 g/mol. The predicted octanol–water partition coefficient (Wildman–Crippen LogP) is 3.54. The molecule has 0 bridgehead atoms. The van der Waals surface area contributed by atoms with Gasteiger partial charge >= 0.3 is 6.03 Å². The lowest BCUT2D eigenvalue weighted by Gasteiger charge is -2.17. The van der Waals surface area contributed by atoms with Gasteiger partial charge in [-0.25, -0.2) is 9.78 Å². The lowest BCUT2D eigenvalue weighted by Crippen LogP contribution is -2.36. The van der Waals surface area contributed by atoms with E-state index < -0.39 is 0 Å². The van der Waals surface area contributed by atoms with Gasteiger partial charge in [0, 0.05) is 31.4 Å². The standard InChI is InChI=1S/C20H25N5O2/c1-15(2)12-25-14-21-10-17(25)11-22-20(26)24(3)13-18-9-19(23-27-18)16-7-5-4-6-8-16/h4-10,14-15H,11-13H2,1-3H3,(H,22,26). The molecule has 0 aliphatic rings. The topological polar surface area (TPSA) is 76.2 Å². The van der Waals surface area contributed by atoms with Crippen molar-refractivity contribution >= 4 is 6.03 Å². The van der Waals surface area contributed by atoms with E-state index in [4.69, 9.17) is 4.52 Å². The number of benzene rings is 1. The number of nitrogens with zero attached hydrogens (tertiary/aromatic N) is 4. The Kier molecular flexibility index (Phi) is 5.90. The van der Waals surface area contributed by atoms with E-state index in [-0.39, 0.29) is 6.03 Å². The van der Waals surface area contributed by atoms with Gasteiger partial charge in [0.25, 0.3) is 0 Å². The number of imidazole rings is 1. The van der Waals surface area contributed by atoms with Crippen LogP contribution in [0, 0.1) is 5.92 Å². The molecule has 0 saturated heterocycles. The van der Waals surface area contributed by atoms with Gasteiger partial charge < -0.3 is 19.3 Å². The zero-order valence-electron chi connectivity index (χ0n) is 15.9. The fourth-order valence-electron chi connectivity index (χ4n) is 2.79. The van der Waals surface area contributed by atoms with Crippen LogP contribution in [-0.2, 0) is 19.6 Å². The van der Waals surface area contributed by atoms with Crippen LogP contribution >= 0.6 is 0 Å². The van der Waals surface area contributed by atoms with E-state index in [2.05, 4.69) is 33.9 Å². The number of hydrogen-bond donors (Lipinski definition) is 1. The Hall–Kier alpha value is -3.09. The minimum absolute atomic E-state index is 0.176. The van der Waals surface area contributed by atoms with E-state index >= 15 is 0 Å². The molecule has 0 fully saturated rings. The second kappa shape index (κ2) is 8.53. The molecule has 2 heterocycles. The zero-order chi connectivity index (χ0) is 19.2. The number of urea groups is 1. The van der Waals surface area contributed by atoms with Gasteiger partial charge in [-0.1, -0.05) is 49.3 Å². The number of carbonyl (C=O) groups excluding carboxylic acids is 1. The largest absolute Gasteiger partial charge is 0.359 e. The van der Waals surface area contributed by atoms with Crippen LogP contribution in [0.3, 0.4) is 0 Å². The van der Waals surface area contributed by atoms with Crippen molar-refractivity contribution in [3.63, 3.8) is 0 Å². The van der Waals surface area contributed by atoms with Gasteiger partial charge in [-0.05, 0) is 5.92 Å². The third-order valence-electron chi connectivity index (χ3n) is 4.15. The summed E-state index contributed by atoms with van der Waals surface area (Å²) in [5, 5.41) is 7.00. The monoisotopic (exact) mass is 367 g/mol. The normalized spacial score (nSPS) is 11.0. The molecule has 1 N–H and O–H groups in total. The van der Waals surface area contributed by atoms with Crippen LogP contribution in [0.4, 0.5) is 4.79 Å². The molecule has 0 unspecified atom stereocenters. The summed E-state index contributed by atoms with van der Waals surface area (Å²) in [5.41, 5.74) is 2.73. The van der Waals surface area contributed by atoms with Gasteiger partial charge in [0.05, 0.1) is 25.1 Å². The minimum Gasteiger partial charge on any atom is -0.359 e. The number of nitrogens with one attached hydrogen (secondary N) is 1. The number of carbonyl (C=O) groups is 1. The first-order valence-corrected chi connectivity index (χ1v) is 9.02. The lowest BCUT2D eigenvalue weighted by atomic mass is 10.1. The highest BCUT2D eigenvalue weighted by molar-refractivity contribution is 5.73. The Labute approximate surface area is 159 Å². The molecule has 142 valence electrons. The second-order valence-electron chi connectivity index (χ2n) is 6.99. The molecular formula is C20H25N5O2. The fourth-order valence-corrected chi connectivity index (χ4v) is 2.79. The van der Waals surface area contributed by atoms with Crippen LogP contribution in [0.25, 0.3) is 11.3 Å². The highest BCUT2D eigenvalue weighted by Gasteiger charge is 2.14. The van der Waals surface area contributed by atoms with Gasteiger partial charge in [-0.2, -0.15) is 0 Å². The molecule has 0 spiro atoms. The first-order chi connectivity index (χ1) is 13.0. The Morgan fingerprint density at radius 2 is 2.07 bits per heavy atom. The van der Waals surface area contributed by atoms with Crippen molar-refractivity contribution in [3.05, 3.63) is 60.4 Å². The van der Waals surface area contributed by atoms with E-state index in [0.29, 0.717) is 24.8 Å². The van der Waals surface area contributed by atoms with Gasteiger partial charge in [-0.3, -0.25) is 0 Å². The molecule has 27 heavy (non-hydrogen) atoms. The Morgan fingerprint density at radius 3 is 2.81 bits per heavy atom. The molecule has 0 aliphatic heterocycles. The highest BCUT2D eigenvalue weighted by Crippen LogP contribution is 2.19. The summed E-state index contributed by atoms with van der Waals surface area (Å²) in [6.45, 7) is 5.95. The van der Waals surface area contributed by atoms with Crippen LogP contribution in [0.2, 0.25) is 0 Å². The fraction of sp³-hybridized carbons (Fsp3) is 0.350. The molecule has 0 aliphatic carbocycles. The molecular weight excluding hydrogens is 342 g/mol. The summed E-state index contributed by atoms with van der Waals surface area (Å²) >= 11 is 0. The predicted molar refractivity (Wildman–Crippen MR) is 103 cm³/mol. The number of aromatic nitrogens is 3. The third kappa shape index (κ3) is 4.97. The minimum atomic E-state index is -0.176. The van der Waals surface area contributed by atoms with E-state index in [9.17, 15) is 4.79 Å². The molecule has 7 nitrogen and oxygen atoms in total. The van der Waals surface area contributed by atoms with Crippen molar-refractivity contribution in [2.24, 2.45) is 5.92 Å². The van der Waals surface area contributed by atoms with Crippen LogP contribution < -0.4 is 5.32 Å². The first-order valence-electron chi connectivity index (χ1n) is 9.02. The van der Waals surface area contributed by atoms with Crippen molar-refractivity contribution in [1.82, 2.24) is 24.9 Å². The Morgan fingerprint density at radius 1 is 1.30 bits per heavy atom. The molecule has 7 heteroatoms. The molecule has 0 radical (unpaired) electrons. The number of amides is 2. The van der Waals surface area contributed by atoms with Crippen molar-refractivity contribution in [2.75, 3.05) is 7.05 Å². The third-order valence-corrected chi connectivity index (χ3v) is 4.15. The molecule has 2 amide bonds. The summed E-state index contributed by atoms with van der Waals surface area (Å²) < 4.78 is 7.43. The SMILES string of the molecule is CC(C)Cn1cncc1CNC(=O)N(C)Cc1cc(-c2ccccc2)no1. The van der Waals surface area contributed by atoms with Crippen molar-refractivity contribution in [3.8, 4) is 11.3 Å². The summed E-state index contributed by atoms with van der Waals surface area (Å²) in [6, 6.07) is 11.5. The zero-order valence-corrected chi connectivity index (χ0v) is 15.9. The van der Waals surface area contributed by atoms with E-state index in [1.165, 1.54) is 0 Å². The highest BCUT2D eigenvalue weighted by atomic mass is 16.5. The van der Waals surface area contributed by atoms with Crippen molar-refractivity contribution in [1.29, 1.82) is 0 Å². The van der Waals surface area contributed by atoms with Gasteiger partial charge in [0.2, 0.25) is 0 Å². The smallest absolute Gasteiger partial charge is 0.317 e. The summed E-state index contributed by atoms with van der Waals surface area (Å²) in [5.74, 6) is 1.15. The van der Waals surface area contributed by atoms with Crippen LogP contribution in [0.1, 0.15) is 25.3 Å². The molecule has 0 atom stereocenters. The van der Waals surface area contributed by atoms with E-state index in [0.717, 1.165) is 23.5 Å². The molecule has 0 saturated carbocycles. The van der Waals surface area contributed by atoms with Crippen molar-refractivity contribution < 1.29 is 9.32 Å². The maximum Gasteiger partial charge on any atom is 0.317 e. The van der Waals surface area contributed by atoms with Gasteiger partial charge in [0.15, 0.2) is 5.76 Å². The van der Waals surface area contributed by atoms with Gasteiger partial charge in [0.1, 0.15) is 5.69 Å². The lowest BCUT2D eigenvalue weighted by molar-refractivity contribution is 0.200. The quantitative estimate of drug-likeness (QED) is 0.693. The van der Waals surface area contributed by atoms with Crippen LogP contribution in [0.15, 0.2) is 53.4 Å². The first kappa shape index (κ1) is 18.7. The maximum absolute atomic E-state index is 12.4. The Balaban J connectivity index is 1.54. The molecule has 3 aromatic rings. The number of rotatable bonds is 7. The molecule has 2 aromatic heterocycles. The van der Waals surface area contributed by atoms with Crippen LogP contribution in [-0.4, -0.2) is 32.7 Å². The Bertz CT molecular complexity index is 869. The molecule has 3 rings (SSSR count). The number of hydrogen-bond acceptors (Lipinski definition) is 4.